The molecule has 2 aromatic carbocycles. The highest BCUT2D eigenvalue weighted by atomic mass is 127. The van der Waals surface area contributed by atoms with E-state index in [-0.39, 0.29) is 0 Å². The molecule has 0 radical (unpaired) electrons. The molecule has 3 rings (SSSR count). The highest BCUT2D eigenvalue weighted by Crippen LogP contribution is 2.45. The van der Waals surface area contributed by atoms with Gasteiger partial charge in [-0.05, 0) is 35.2 Å². The van der Waals surface area contributed by atoms with Crippen molar-refractivity contribution < 1.29 is 0 Å². The third-order valence-electron chi connectivity index (χ3n) is 3.91. The Kier molecular flexibility index (Phi) is 3.12. The summed E-state index contributed by atoms with van der Waals surface area (Å²) >= 11 is 2.69. The van der Waals surface area contributed by atoms with Crippen molar-refractivity contribution in [2.45, 2.75) is 35.5 Å². The van der Waals surface area contributed by atoms with E-state index in [4.69, 9.17) is 0 Å². The fraction of sp³-hybridized carbons (Fsp3) is 0.375. The van der Waals surface area contributed by atoms with Crippen molar-refractivity contribution in [1.29, 1.82) is 0 Å². The van der Waals surface area contributed by atoms with Gasteiger partial charge >= 0.3 is 0 Å². The van der Waals surface area contributed by atoms with Crippen molar-refractivity contribution in [3.05, 3.63) is 48.0 Å². The van der Waals surface area contributed by atoms with Gasteiger partial charge in [0.05, 0.1) is 0 Å². The summed E-state index contributed by atoms with van der Waals surface area (Å²) in [5.41, 5.74) is 1.52. The largest absolute Gasteiger partial charge is 0.0737 e. The van der Waals surface area contributed by atoms with Crippen LogP contribution in [0.15, 0.2) is 42.5 Å². The van der Waals surface area contributed by atoms with Crippen molar-refractivity contribution in [3.63, 3.8) is 0 Å². The minimum atomic E-state index is 0.389. The summed E-state index contributed by atoms with van der Waals surface area (Å²) in [4.78, 5) is 0. The smallest absolute Gasteiger partial charge is 0.0470 e. The highest BCUT2D eigenvalue weighted by molar-refractivity contribution is 14.1. The van der Waals surface area contributed by atoms with E-state index in [2.05, 4.69) is 65.1 Å². The van der Waals surface area contributed by atoms with Gasteiger partial charge < -0.3 is 0 Å². The molecule has 0 N–H and O–H groups in total. The summed E-state index contributed by atoms with van der Waals surface area (Å²) in [5.74, 6) is 0. The summed E-state index contributed by atoms with van der Waals surface area (Å²) < 4.78 is 0.389. The molecule has 0 heterocycles. The molecule has 17 heavy (non-hydrogen) atoms. The number of alkyl halides is 1. The second-order valence-electron chi connectivity index (χ2n) is 5.09. The summed E-state index contributed by atoms with van der Waals surface area (Å²) in [7, 11) is 0. The Labute approximate surface area is 117 Å². The number of rotatable bonds is 1. The van der Waals surface area contributed by atoms with E-state index in [9.17, 15) is 0 Å². The monoisotopic (exact) mass is 336 g/mol. The van der Waals surface area contributed by atoms with Crippen LogP contribution in [0.25, 0.3) is 10.8 Å². The maximum Gasteiger partial charge on any atom is 0.0470 e. The molecule has 0 aromatic heterocycles. The second-order valence-corrected chi connectivity index (χ2v) is 7.15. The van der Waals surface area contributed by atoms with E-state index < -0.39 is 0 Å². The van der Waals surface area contributed by atoms with Gasteiger partial charge in [-0.1, -0.05) is 78.3 Å². The molecule has 1 heteroatoms. The number of halogens is 1. The number of benzene rings is 2. The average molecular weight is 336 g/mol. The lowest BCUT2D eigenvalue weighted by atomic mass is 9.83. The van der Waals surface area contributed by atoms with Crippen LogP contribution in [0.2, 0.25) is 0 Å². The quantitative estimate of drug-likeness (QED) is 0.481. The minimum Gasteiger partial charge on any atom is -0.0737 e. The Morgan fingerprint density at radius 1 is 0.824 bits per heavy atom. The first kappa shape index (κ1) is 11.5. The first-order valence-electron chi connectivity index (χ1n) is 6.46. The Hall–Kier alpha value is -0.570. The van der Waals surface area contributed by atoms with E-state index in [1.807, 2.05) is 0 Å². The molecule has 2 aromatic rings. The third-order valence-corrected chi connectivity index (χ3v) is 5.61. The van der Waals surface area contributed by atoms with Crippen molar-refractivity contribution in [1.82, 2.24) is 0 Å². The van der Waals surface area contributed by atoms with Crippen molar-refractivity contribution in [2.75, 3.05) is 0 Å². The molecule has 0 bridgehead atoms. The molecular weight excluding hydrogens is 319 g/mol. The molecular formula is C16H17I. The molecule has 0 amide bonds. The molecule has 0 unspecified atom stereocenters. The van der Waals surface area contributed by atoms with Crippen LogP contribution in [0.5, 0.6) is 0 Å². The zero-order chi connectivity index (χ0) is 11.7. The van der Waals surface area contributed by atoms with Crippen LogP contribution in [0.4, 0.5) is 0 Å². The van der Waals surface area contributed by atoms with Gasteiger partial charge in [-0.25, -0.2) is 0 Å². The van der Waals surface area contributed by atoms with Gasteiger partial charge in [0.2, 0.25) is 0 Å². The van der Waals surface area contributed by atoms with Gasteiger partial charge in [0, 0.05) is 3.42 Å². The van der Waals surface area contributed by atoms with Gasteiger partial charge in [0.1, 0.15) is 0 Å². The molecule has 0 nitrogen and oxygen atoms in total. The Bertz CT molecular complexity index is 524. The van der Waals surface area contributed by atoms with Crippen LogP contribution in [0.3, 0.4) is 0 Å². The molecule has 0 saturated heterocycles. The maximum absolute atomic E-state index is 2.69. The summed E-state index contributed by atoms with van der Waals surface area (Å²) in [6.45, 7) is 0. The zero-order valence-corrected chi connectivity index (χ0v) is 12.1. The molecule has 88 valence electrons. The minimum absolute atomic E-state index is 0.389. The van der Waals surface area contributed by atoms with Crippen molar-refractivity contribution >= 4 is 33.4 Å². The van der Waals surface area contributed by atoms with Gasteiger partial charge in [0.25, 0.3) is 0 Å². The maximum atomic E-state index is 2.69. The molecule has 1 aliphatic rings. The standard InChI is InChI=1S/C16H17I/c17-16(10-4-1-5-11-16)15-9-8-13-6-2-3-7-14(13)12-15/h2-3,6-9,12H,1,4-5,10-11H2. The molecule has 0 aliphatic heterocycles. The molecule has 1 saturated carbocycles. The highest BCUT2D eigenvalue weighted by Gasteiger charge is 2.30. The molecule has 0 spiro atoms. The van der Waals surface area contributed by atoms with Gasteiger partial charge in [-0.2, -0.15) is 0 Å². The predicted molar refractivity (Wildman–Crippen MR) is 82.7 cm³/mol. The lowest BCUT2D eigenvalue weighted by Crippen LogP contribution is -2.21. The van der Waals surface area contributed by atoms with E-state index in [1.54, 1.807) is 0 Å². The number of hydrogen-bond acceptors (Lipinski definition) is 0. The molecule has 1 fully saturated rings. The lowest BCUT2D eigenvalue weighted by molar-refractivity contribution is 0.426. The Morgan fingerprint density at radius 2 is 1.53 bits per heavy atom. The van der Waals surface area contributed by atoms with Gasteiger partial charge in [0.15, 0.2) is 0 Å². The summed E-state index contributed by atoms with van der Waals surface area (Å²) in [5, 5.41) is 2.73. The fourth-order valence-electron chi connectivity index (χ4n) is 2.87. The fourth-order valence-corrected chi connectivity index (χ4v) is 3.97. The van der Waals surface area contributed by atoms with E-state index in [0.717, 1.165) is 0 Å². The summed E-state index contributed by atoms with van der Waals surface area (Å²) in [6, 6.07) is 15.7. The first-order valence-corrected chi connectivity index (χ1v) is 7.54. The SMILES string of the molecule is IC1(c2ccc3ccccc3c2)CCCCC1. The van der Waals surface area contributed by atoms with Crippen LogP contribution in [0, 0.1) is 0 Å². The van der Waals surface area contributed by atoms with Crippen LogP contribution >= 0.6 is 22.6 Å². The number of fused-ring (bicyclic) bond motifs is 1. The summed E-state index contributed by atoms with van der Waals surface area (Å²) in [6.07, 6.45) is 6.86. The van der Waals surface area contributed by atoms with E-state index in [1.165, 1.54) is 48.4 Å². The Morgan fingerprint density at radius 3 is 2.29 bits per heavy atom. The van der Waals surface area contributed by atoms with E-state index >= 15 is 0 Å². The molecule has 1 aliphatic carbocycles. The molecule has 0 atom stereocenters. The van der Waals surface area contributed by atoms with E-state index in [0.29, 0.717) is 3.42 Å². The number of hydrogen-bond donors (Lipinski definition) is 0. The predicted octanol–water partition coefficient (Wildman–Crippen LogP) is 5.43. The topological polar surface area (TPSA) is 0 Å². The van der Waals surface area contributed by atoms with Crippen molar-refractivity contribution in [3.8, 4) is 0 Å². The normalized spacial score (nSPS) is 19.4. The second kappa shape index (κ2) is 4.60. The van der Waals surface area contributed by atoms with Crippen LogP contribution in [-0.4, -0.2) is 0 Å². The van der Waals surface area contributed by atoms with Crippen molar-refractivity contribution in [2.24, 2.45) is 0 Å². The first-order chi connectivity index (χ1) is 8.28. The van der Waals surface area contributed by atoms with Crippen LogP contribution in [-0.2, 0) is 3.42 Å². The lowest BCUT2D eigenvalue weighted by Gasteiger charge is -2.32. The van der Waals surface area contributed by atoms with Gasteiger partial charge in [-0.3, -0.25) is 0 Å². The van der Waals surface area contributed by atoms with Crippen LogP contribution in [0.1, 0.15) is 37.7 Å². The zero-order valence-electron chi connectivity index (χ0n) is 9.95. The van der Waals surface area contributed by atoms with Crippen LogP contribution < -0.4 is 0 Å². The van der Waals surface area contributed by atoms with Gasteiger partial charge in [-0.15, -0.1) is 0 Å². The Balaban J connectivity index is 2.05. The average Bonchev–Trinajstić information content (AvgIpc) is 2.39. The third kappa shape index (κ3) is 2.22.